The minimum atomic E-state index is -4.64. The summed E-state index contributed by atoms with van der Waals surface area (Å²) in [6, 6.07) is 15.1. The maximum Gasteiger partial charge on any atom is 0.432 e. The minimum Gasteiger partial charge on any atom is -0.429 e. The molecule has 0 radical (unpaired) electrons. The summed E-state index contributed by atoms with van der Waals surface area (Å²) < 4.78 is 163. The van der Waals surface area contributed by atoms with Gasteiger partial charge in [0.05, 0.1) is 12.7 Å². The van der Waals surface area contributed by atoms with Crippen molar-refractivity contribution in [1.29, 1.82) is 0 Å². The van der Waals surface area contributed by atoms with Gasteiger partial charge in [-0.3, -0.25) is 0 Å². The number of hydrogen-bond acceptors (Lipinski definition) is 2. The highest BCUT2D eigenvalue weighted by atomic mass is 19.3. The Hall–Kier alpha value is -4.91. The van der Waals surface area contributed by atoms with Crippen LogP contribution in [0, 0.1) is 76.0 Å². The number of hydrogen-bond donors (Lipinski definition) is 0. The lowest BCUT2D eigenvalue weighted by atomic mass is 9.68. The van der Waals surface area contributed by atoms with Crippen molar-refractivity contribution in [1.82, 2.24) is 0 Å². The third kappa shape index (κ3) is 12.0. The Bertz CT molecular complexity index is 2380. The molecule has 2 aliphatic carbocycles. The summed E-state index contributed by atoms with van der Waals surface area (Å²) in [6.07, 6.45) is 12.1. The van der Waals surface area contributed by atoms with Gasteiger partial charge in [-0.1, -0.05) is 82.3 Å². The molecule has 5 aromatic carbocycles. The molecule has 13 heteroatoms. The smallest absolute Gasteiger partial charge is 0.429 e. The van der Waals surface area contributed by atoms with Crippen LogP contribution in [0.25, 0.3) is 22.3 Å². The van der Waals surface area contributed by atoms with Crippen LogP contribution in [-0.2, 0) is 10.8 Å². The Labute approximate surface area is 384 Å². The topological polar surface area (TPSA) is 18.5 Å². The molecule has 2 atom stereocenters. The van der Waals surface area contributed by atoms with Crippen LogP contribution in [0.2, 0.25) is 0 Å². The molecule has 0 aromatic heterocycles. The van der Waals surface area contributed by atoms with Crippen LogP contribution in [0.3, 0.4) is 0 Å². The number of ether oxygens (including phenoxy) is 2. The molecule has 1 saturated heterocycles. The van der Waals surface area contributed by atoms with Crippen LogP contribution in [-0.4, -0.2) is 6.61 Å². The second kappa shape index (κ2) is 22.0. The molecule has 0 amide bonds. The zero-order chi connectivity index (χ0) is 48.0. The molecule has 2 nitrogen and oxygen atoms in total. The molecule has 0 spiro atoms. The molecule has 3 fully saturated rings. The first kappa shape index (κ1) is 50.0. The van der Waals surface area contributed by atoms with Gasteiger partial charge in [-0.05, 0) is 146 Å². The summed E-state index contributed by atoms with van der Waals surface area (Å²) in [6.45, 7) is 5.08. The predicted molar refractivity (Wildman–Crippen MR) is 236 cm³/mol. The van der Waals surface area contributed by atoms with Crippen LogP contribution in [0.5, 0.6) is 5.75 Å². The average molecular weight is 945 g/mol. The summed E-state index contributed by atoms with van der Waals surface area (Å²) in [5.41, 5.74) is 0.615. The highest BCUT2D eigenvalue weighted by Crippen LogP contribution is 2.45. The Morgan fingerprint density at radius 3 is 1.51 bits per heavy atom. The van der Waals surface area contributed by atoms with Crippen LogP contribution in [0.15, 0.2) is 78.9 Å². The summed E-state index contributed by atoms with van der Waals surface area (Å²) in [5, 5.41) is 0. The fraction of sp³-hybridized carbons (Fsp3) is 0.444. The van der Waals surface area contributed by atoms with E-state index in [1.807, 2.05) is 6.07 Å². The average Bonchev–Trinajstić information content (AvgIpc) is 3.30. The van der Waals surface area contributed by atoms with E-state index in [1.165, 1.54) is 57.4 Å². The Morgan fingerprint density at radius 2 is 0.985 bits per heavy atom. The molecule has 8 rings (SSSR count). The molecule has 3 aliphatic rings. The van der Waals surface area contributed by atoms with Gasteiger partial charge in [0.25, 0.3) is 0 Å². The van der Waals surface area contributed by atoms with E-state index in [0.717, 1.165) is 79.5 Å². The normalized spacial score (nSPS) is 22.2. The van der Waals surface area contributed by atoms with Gasteiger partial charge < -0.3 is 9.47 Å². The zero-order valence-electron chi connectivity index (χ0n) is 37.6. The molecular weight excluding hydrogens is 890 g/mol. The van der Waals surface area contributed by atoms with Crippen molar-refractivity contribution in [2.45, 2.75) is 122 Å². The molecule has 5 aromatic rings. The Balaban J connectivity index is 0.000000201. The second-order valence-corrected chi connectivity index (χ2v) is 18.5. The van der Waals surface area contributed by atoms with Crippen molar-refractivity contribution >= 4 is 0 Å². The van der Waals surface area contributed by atoms with Gasteiger partial charge in [0, 0.05) is 17.7 Å². The van der Waals surface area contributed by atoms with E-state index >= 15 is 0 Å². The Kier molecular flexibility index (Phi) is 16.4. The molecule has 1 aliphatic heterocycles. The van der Waals surface area contributed by atoms with Crippen LogP contribution in [0.4, 0.5) is 48.3 Å². The largest absolute Gasteiger partial charge is 0.432 e. The Morgan fingerprint density at radius 1 is 0.493 bits per heavy atom. The first-order valence-corrected chi connectivity index (χ1v) is 23.4. The lowest BCUT2D eigenvalue weighted by molar-refractivity contribution is -0.189. The lowest BCUT2D eigenvalue weighted by Crippen LogP contribution is -2.25. The molecule has 0 N–H and O–H groups in total. The second-order valence-electron chi connectivity index (χ2n) is 18.5. The van der Waals surface area contributed by atoms with Gasteiger partial charge in [0.15, 0.2) is 34.9 Å². The van der Waals surface area contributed by atoms with E-state index < -0.39 is 69.8 Å². The SMILES string of the molecule is CCCC1CCC(C2CCC(c3ccc(-c4cc(F)c(F)c(F)c4)c(F)c3)CC2)CC1.CCCC1CCC(c2ccc(-c3cc(F)c(C(F)(F)Oc4cc(F)c(F)c(F)c4)c(F)c3)cc2)OC1. The van der Waals surface area contributed by atoms with Crippen molar-refractivity contribution in [3.8, 4) is 28.0 Å². The van der Waals surface area contributed by atoms with Crippen molar-refractivity contribution < 1.29 is 57.8 Å². The van der Waals surface area contributed by atoms with Gasteiger partial charge >= 0.3 is 6.11 Å². The van der Waals surface area contributed by atoms with E-state index in [9.17, 15) is 48.3 Å². The van der Waals surface area contributed by atoms with Gasteiger partial charge in [0.2, 0.25) is 0 Å². The predicted octanol–water partition coefficient (Wildman–Crippen LogP) is 17.2. The van der Waals surface area contributed by atoms with Crippen LogP contribution >= 0.6 is 0 Å². The highest BCUT2D eigenvalue weighted by Gasteiger charge is 2.42. The van der Waals surface area contributed by atoms with E-state index in [1.54, 1.807) is 30.3 Å². The molecule has 0 bridgehead atoms. The third-order valence-corrected chi connectivity index (χ3v) is 14.0. The standard InChI is InChI=1S/C27H23F7O2.C27H32F4/c1-2-3-15-4-9-24(35-14-15)17-7-5-16(6-8-17)18-10-20(28)25(21(29)11-18)27(33,34)36-19-12-22(30)26(32)23(31)13-19;1-2-3-17-4-6-18(7-5-17)19-8-10-20(11-9-19)21-12-13-23(24(28)14-21)22-15-25(29)27(31)26(30)16-22/h5-8,10-13,15,24H,2-4,9,14H2,1H3;12-20H,2-11H2,1H3. The van der Waals surface area contributed by atoms with Crippen molar-refractivity contribution in [3.05, 3.63) is 148 Å². The monoisotopic (exact) mass is 944 g/mol. The first-order chi connectivity index (χ1) is 32.0. The van der Waals surface area contributed by atoms with Crippen molar-refractivity contribution in [2.75, 3.05) is 6.61 Å². The highest BCUT2D eigenvalue weighted by molar-refractivity contribution is 5.66. The van der Waals surface area contributed by atoms with Crippen molar-refractivity contribution in [2.24, 2.45) is 23.7 Å². The third-order valence-electron chi connectivity index (χ3n) is 14.0. The molecule has 67 heavy (non-hydrogen) atoms. The van der Waals surface area contributed by atoms with E-state index in [4.69, 9.17) is 4.74 Å². The molecule has 1 heterocycles. The summed E-state index contributed by atoms with van der Waals surface area (Å²) in [5.74, 6) is -11.1. The maximum atomic E-state index is 14.8. The summed E-state index contributed by atoms with van der Waals surface area (Å²) >= 11 is 0. The fourth-order valence-corrected chi connectivity index (χ4v) is 10.4. The van der Waals surface area contributed by atoms with Crippen LogP contribution < -0.4 is 4.74 Å². The van der Waals surface area contributed by atoms with Gasteiger partial charge in [-0.25, -0.2) is 39.5 Å². The lowest BCUT2D eigenvalue weighted by Gasteiger charge is -2.38. The summed E-state index contributed by atoms with van der Waals surface area (Å²) in [4.78, 5) is 0. The van der Waals surface area contributed by atoms with E-state index in [-0.39, 0.29) is 34.9 Å². The van der Waals surface area contributed by atoms with Gasteiger partial charge in [-0.15, -0.1) is 0 Å². The zero-order valence-corrected chi connectivity index (χ0v) is 37.6. The van der Waals surface area contributed by atoms with E-state index in [2.05, 4.69) is 18.6 Å². The van der Waals surface area contributed by atoms with Gasteiger partial charge in [0.1, 0.15) is 28.8 Å². The number of alkyl halides is 2. The van der Waals surface area contributed by atoms with Gasteiger partial charge in [-0.2, -0.15) is 8.78 Å². The molecular formula is C54H55F11O2. The first-order valence-electron chi connectivity index (χ1n) is 23.4. The summed E-state index contributed by atoms with van der Waals surface area (Å²) in [7, 11) is 0. The number of halogens is 11. The number of benzene rings is 5. The maximum absolute atomic E-state index is 14.8. The number of rotatable bonds is 12. The van der Waals surface area contributed by atoms with E-state index in [0.29, 0.717) is 36.1 Å². The van der Waals surface area contributed by atoms with Crippen LogP contribution in [0.1, 0.15) is 132 Å². The molecule has 360 valence electrons. The van der Waals surface area contributed by atoms with Crippen molar-refractivity contribution in [3.63, 3.8) is 0 Å². The quantitative estimate of drug-likeness (QED) is 0.0917. The fourth-order valence-electron chi connectivity index (χ4n) is 10.4. The molecule has 2 unspecified atom stereocenters. The molecule has 2 saturated carbocycles. The minimum absolute atomic E-state index is 0.00236.